The Hall–Kier alpha value is -0.640. The first-order valence-electron chi connectivity index (χ1n) is 5.92. The number of hydrogen-bond acceptors (Lipinski definition) is 2. The number of rotatable bonds is 4. The van der Waals surface area contributed by atoms with Crippen LogP contribution in [0.15, 0.2) is 18.2 Å². The fraction of sp³-hybridized carbons (Fsp3) is 0.538. The summed E-state index contributed by atoms with van der Waals surface area (Å²) >= 11 is 6.01. The summed E-state index contributed by atoms with van der Waals surface area (Å²) in [5.74, 6) is 0.297. The van der Waals surface area contributed by atoms with Gasteiger partial charge in [-0.1, -0.05) is 11.6 Å². The second-order valence-electron chi connectivity index (χ2n) is 4.53. The smallest absolute Gasteiger partial charge is 0.123 e. The topological polar surface area (TPSA) is 21.3 Å². The molecule has 1 aliphatic heterocycles. The van der Waals surface area contributed by atoms with Crippen LogP contribution in [0, 0.1) is 11.7 Å². The molecular weight excluding hydrogens is 241 g/mol. The van der Waals surface area contributed by atoms with Crippen molar-refractivity contribution in [3.63, 3.8) is 0 Å². The van der Waals surface area contributed by atoms with Crippen LogP contribution in [0.2, 0.25) is 5.02 Å². The summed E-state index contributed by atoms with van der Waals surface area (Å²) in [6.07, 6.45) is 1.09. The van der Waals surface area contributed by atoms with Gasteiger partial charge in [-0.05, 0) is 43.0 Å². The molecule has 0 saturated carbocycles. The minimum Gasteiger partial charge on any atom is -0.381 e. The maximum atomic E-state index is 13.1. The predicted molar refractivity (Wildman–Crippen MR) is 66.6 cm³/mol. The first kappa shape index (κ1) is 12.8. The maximum Gasteiger partial charge on any atom is 0.123 e. The second kappa shape index (κ2) is 5.80. The van der Waals surface area contributed by atoms with Gasteiger partial charge in [-0.2, -0.15) is 0 Å². The Labute approximate surface area is 106 Å². The average molecular weight is 258 g/mol. The van der Waals surface area contributed by atoms with Gasteiger partial charge in [0.2, 0.25) is 0 Å². The van der Waals surface area contributed by atoms with Gasteiger partial charge in [0.25, 0.3) is 0 Å². The van der Waals surface area contributed by atoms with E-state index in [1.54, 1.807) is 6.07 Å². The van der Waals surface area contributed by atoms with Crippen molar-refractivity contribution in [2.75, 3.05) is 13.2 Å². The molecule has 2 atom stereocenters. The van der Waals surface area contributed by atoms with Gasteiger partial charge in [-0.25, -0.2) is 4.39 Å². The van der Waals surface area contributed by atoms with E-state index in [1.165, 1.54) is 12.1 Å². The molecule has 1 aliphatic rings. The first-order valence-corrected chi connectivity index (χ1v) is 6.29. The van der Waals surface area contributed by atoms with Crippen molar-refractivity contribution in [2.24, 2.45) is 5.92 Å². The van der Waals surface area contributed by atoms with Crippen LogP contribution in [-0.4, -0.2) is 19.3 Å². The Kier molecular flexibility index (Phi) is 4.37. The molecule has 1 fully saturated rings. The monoisotopic (exact) mass is 257 g/mol. The van der Waals surface area contributed by atoms with E-state index in [-0.39, 0.29) is 5.82 Å². The third-order valence-corrected chi connectivity index (χ3v) is 3.66. The number of hydrogen-bond donors (Lipinski definition) is 1. The Balaban J connectivity index is 1.90. The molecule has 1 heterocycles. The van der Waals surface area contributed by atoms with Crippen molar-refractivity contribution >= 4 is 11.6 Å². The lowest BCUT2D eigenvalue weighted by molar-refractivity contribution is 0.178. The molecule has 4 heteroatoms. The lowest BCUT2D eigenvalue weighted by Crippen LogP contribution is -2.33. The minimum atomic E-state index is -0.247. The van der Waals surface area contributed by atoms with E-state index in [9.17, 15) is 4.39 Å². The zero-order chi connectivity index (χ0) is 12.3. The molecule has 17 heavy (non-hydrogen) atoms. The van der Waals surface area contributed by atoms with Crippen LogP contribution in [0.5, 0.6) is 0 Å². The van der Waals surface area contributed by atoms with Gasteiger partial charge in [0.05, 0.1) is 6.61 Å². The molecule has 0 unspecified atom stereocenters. The van der Waals surface area contributed by atoms with E-state index >= 15 is 0 Å². The quantitative estimate of drug-likeness (QED) is 0.895. The number of halogens is 2. The molecule has 94 valence electrons. The number of nitrogens with one attached hydrogen (secondary N) is 1. The minimum absolute atomic E-state index is 0.247. The maximum absolute atomic E-state index is 13.1. The van der Waals surface area contributed by atoms with Crippen LogP contribution in [0.3, 0.4) is 0 Å². The molecule has 0 aliphatic carbocycles. The number of benzene rings is 1. The van der Waals surface area contributed by atoms with Crippen molar-refractivity contribution in [1.29, 1.82) is 0 Å². The van der Waals surface area contributed by atoms with Crippen molar-refractivity contribution in [3.05, 3.63) is 34.6 Å². The zero-order valence-corrected chi connectivity index (χ0v) is 10.6. The third-order valence-electron chi connectivity index (χ3n) is 3.29. The van der Waals surface area contributed by atoms with Gasteiger partial charge in [-0.3, -0.25) is 0 Å². The molecule has 1 aromatic carbocycles. The van der Waals surface area contributed by atoms with Crippen LogP contribution in [-0.2, 0) is 11.3 Å². The molecule has 1 saturated heterocycles. The van der Waals surface area contributed by atoms with Crippen LogP contribution in [0.4, 0.5) is 4.39 Å². The van der Waals surface area contributed by atoms with Crippen molar-refractivity contribution < 1.29 is 9.13 Å². The van der Waals surface area contributed by atoms with Gasteiger partial charge in [0.15, 0.2) is 0 Å². The summed E-state index contributed by atoms with van der Waals surface area (Å²) in [6, 6.07) is 4.81. The molecule has 1 N–H and O–H groups in total. The normalized spacial score (nSPS) is 21.7. The van der Waals surface area contributed by atoms with Crippen molar-refractivity contribution in [1.82, 2.24) is 5.32 Å². The van der Waals surface area contributed by atoms with Crippen LogP contribution in [0.1, 0.15) is 18.9 Å². The van der Waals surface area contributed by atoms with E-state index in [1.807, 2.05) is 0 Å². The Morgan fingerprint density at radius 3 is 3.12 bits per heavy atom. The highest BCUT2D eigenvalue weighted by Crippen LogP contribution is 2.19. The molecular formula is C13H17ClFNO. The molecule has 0 radical (unpaired) electrons. The number of ether oxygens (including phenoxy) is 1. The van der Waals surface area contributed by atoms with Crippen molar-refractivity contribution in [3.8, 4) is 0 Å². The van der Waals surface area contributed by atoms with Gasteiger partial charge < -0.3 is 10.1 Å². The lowest BCUT2D eigenvalue weighted by atomic mass is 10.0. The van der Waals surface area contributed by atoms with Gasteiger partial charge >= 0.3 is 0 Å². The van der Waals surface area contributed by atoms with E-state index in [0.717, 1.165) is 25.2 Å². The van der Waals surface area contributed by atoms with Crippen LogP contribution < -0.4 is 5.32 Å². The van der Waals surface area contributed by atoms with Gasteiger partial charge in [0.1, 0.15) is 5.82 Å². The molecule has 1 aromatic rings. The first-order chi connectivity index (χ1) is 8.16. The predicted octanol–water partition coefficient (Wildman–Crippen LogP) is 2.99. The summed E-state index contributed by atoms with van der Waals surface area (Å²) in [4.78, 5) is 0. The fourth-order valence-electron chi connectivity index (χ4n) is 2.06. The standard InChI is InChI=1S/C13H17ClFNO/c1-9(10-4-5-17-8-10)16-7-11-6-12(15)2-3-13(11)14/h2-3,6,9-10,16H,4-5,7-8H2,1H3/t9-,10+/m0/s1. The zero-order valence-electron chi connectivity index (χ0n) is 9.88. The molecule has 0 bridgehead atoms. The molecule has 0 amide bonds. The van der Waals surface area contributed by atoms with E-state index in [0.29, 0.717) is 23.5 Å². The fourth-order valence-corrected chi connectivity index (χ4v) is 2.25. The highest BCUT2D eigenvalue weighted by atomic mass is 35.5. The summed E-state index contributed by atoms with van der Waals surface area (Å²) < 4.78 is 18.4. The summed E-state index contributed by atoms with van der Waals surface area (Å²) in [7, 11) is 0. The van der Waals surface area contributed by atoms with Gasteiger partial charge in [0, 0.05) is 24.2 Å². The highest BCUT2D eigenvalue weighted by Gasteiger charge is 2.21. The average Bonchev–Trinajstić information content (AvgIpc) is 2.83. The highest BCUT2D eigenvalue weighted by molar-refractivity contribution is 6.31. The Bertz CT molecular complexity index is 380. The molecule has 0 spiro atoms. The van der Waals surface area contributed by atoms with Crippen LogP contribution >= 0.6 is 11.6 Å². The van der Waals surface area contributed by atoms with E-state index < -0.39 is 0 Å². The summed E-state index contributed by atoms with van der Waals surface area (Å²) in [5, 5.41) is 3.98. The SMILES string of the molecule is C[C@H](NCc1cc(F)ccc1Cl)[C@@H]1CCOC1. The largest absolute Gasteiger partial charge is 0.381 e. The summed E-state index contributed by atoms with van der Waals surface area (Å²) in [5.41, 5.74) is 0.803. The van der Waals surface area contributed by atoms with Crippen LogP contribution in [0.25, 0.3) is 0 Å². The molecule has 2 rings (SSSR count). The van der Waals surface area contributed by atoms with Crippen molar-refractivity contribution in [2.45, 2.75) is 25.9 Å². The summed E-state index contributed by atoms with van der Waals surface area (Å²) in [6.45, 7) is 4.38. The Morgan fingerprint density at radius 2 is 2.41 bits per heavy atom. The molecule has 2 nitrogen and oxygen atoms in total. The lowest BCUT2D eigenvalue weighted by Gasteiger charge is -2.19. The molecule has 0 aromatic heterocycles. The van der Waals surface area contributed by atoms with Gasteiger partial charge in [-0.15, -0.1) is 0 Å². The van der Waals surface area contributed by atoms with E-state index in [2.05, 4.69) is 12.2 Å². The third kappa shape index (κ3) is 3.41. The van der Waals surface area contributed by atoms with E-state index in [4.69, 9.17) is 16.3 Å². The Morgan fingerprint density at radius 1 is 1.59 bits per heavy atom. The second-order valence-corrected chi connectivity index (χ2v) is 4.94.